The molecule has 4 nitrogen and oxygen atoms in total. The van der Waals surface area contributed by atoms with Gasteiger partial charge in [-0.2, -0.15) is 4.37 Å². The maximum Gasteiger partial charge on any atom is 0.202 e. The predicted molar refractivity (Wildman–Crippen MR) is 70.6 cm³/mol. The van der Waals surface area contributed by atoms with E-state index >= 15 is 0 Å². The van der Waals surface area contributed by atoms with Crippen molar-refractivity contribution >= 4 is 16.7 Å². The zero-order valence-electron chi connectivity index (χ0n) is 10.4. The van der Waals surface area contributed by atoms with E-state index in [2.05, 4.69) is 26.5 Å². The Kier molecular flexibility index (Phi) is 3.29. The average molecular weight is 252 g/mol. The van der Waals surface area contributed by atoms with Crippen LogP contribution in [0.15, 0.2) is 0 Å². The molecule has 1 saturated carbocycles. The van der Waals surface area contributed by atoms with Gasteiger partial charge in [0.1, 0.15) is 5.82 Å². The minimum atomic E-state index is 0.667. The smallest absolute Gasteiger partial charge is 0.202 e. The molecule has 0 spiro atoms. The standard InChI is InChI=1S/C12H20N4S/c1-2-16-7-3-4-10(16)8-13-12-14-11(15-17-12)9-5-6-9/h9-10H,2-8H2,1H3,(H,13,14,15). The maximum atomic E-state index is 4.56. The molecule has 17 heavy (non-hydrogen) atoms. The van der Waals surface area contributed by atoms with Crippen molar-refractivity contribution in [2.45, 2.75) is 44.6 Å². The summed E-state index contributed by atoms with van der Waals surface area (Å²) >= 11 is 1.52. The van der Waals surface area contributed by atoms with Crippen molar-refractivity contribution in [3.63, 3.8) is 0 Å². The first-order valence-electron chi connectivity index (χ1n) is 6.68. The molecule has 1 N–H and O–H groups in total. The van der Waals surface area contributed by atoms with Crippen LogP contribution in [0.5, 0.6) is 0 Å². The quantitative estimate of drug-likeness (QED) is 0.873. The van der Waals surface area contributed by atoms with Crippen LogP contribution in [0.4, 0.5) is 5.13 Å². The van der Waals surface area contributed by atoms with Gasteiger partial charge >= 0.3 is 0 Å². The Bertz CT molecular complexity index is 374. The van der Waals surface area contributed by atoms with Crippen LogP contribution in [0.2, 0.25) is 0 Å². The van der Waals surface area contributed by atoms with Gasteiger partial charge in [-0.3, -0.25) is 4.90 Å². The van der Waals surface area contributed by atoms with E-state index in [-0.39, 0.29) is 0 Å². The van der Waals surface area contributed by atoms with Crippen molar-refractivity contribution < 1.29 is 0 Å². The van der Waals surface area contributed by atoms with E-state index in [9.17, 15) is 0 Å². The van der Waals surface area contributed by atoms with Crippen molar-refractivity contribution in [3.8, 4) is 0 Å². The van der Waals surface area contributed by atoms with E-state index in [1.165, 1.54) is 43.8 Å². The molecule has 0 bridgehead atoms. The number of hydrogen-bond acceptors (Lipinski definition) is 5. The molecule has 3 rings (SSSR count). The maximum absolute atomic E-state index is 4.56. The van der Waals surface area contributed by atoms with Gasteiger partial charge in [-0.1, -0.05) is 6.92 Å². The Hall–Kier alpha value is -0.680. The molecule has 1 aromatic heterocycles. The highest BCUT2D eigenvalue weighted by atomic mass is 32.1. The van der Waals surface area contributed by atoms with Gasteiger partial charge in [-0.05, 0) is 38.8 Å². The van der Waals surface area contributed by atoms with E-state index in [1.807, 2.05) is 0 Å². The van der Waals surface area contributed by atoms with E-state index in [0.717, 1.165) is 24.0 Å². The lowest BCUT2D eigenvalue weighted by atomic mass is 10.2. The Morgan fingerprint density at radius 2 is 2.29 bits per heavy atom. The fourth-order valence-corrected chi connectivity index (χ4v) is 3.21. The van der Waals surface area contributed by atoms with E-state index in [0.29, 0.717) is 12.0 Å². The Morgan fingerprint density at radius 1 is 1.41 bits per heavy atom. The molecule has 1 saturated heterocycles. The van der Waals surface area contributed by atoms with Crippen LogP contribution < -0.4 is 5.32 Å². The molecule has 1 aromatic rings. The minimum absolute atomic E-state index is 0.667. The zero-order chi connectivity index (χ0) is 11.7. The van der Waals surface area contributed by atoms with Gasteiger partial charge in [-0.25, -0.2) is 4.98 Å². The minimum Gasteiger partial charge on any atom is -0.359 e. The Morgan fingerprint density at radius 3 is 3.06 bits per heavy atom. The molecule has 1 aliphatic carbocycles. The van der Waals surface area contributed by atoms with Crippen LogP contribution in [-0.2, 0) is 0 Å². The first kappa shape index (κ1) is 11.4. The highest BCUT2D eigenvalue weighted by Crippen LogP contribution is 2.39. The highest BCUT2D eigenvalue weighted by molar-refractivity contribution is 7.09. The SMILES string of the molecule is CCN1CCCC1CNc1nc(C2CC2)ns1. The van der Waals surface area contributed by atoms with E-state index in [1.54, 1.807) is 0 Å². The van der Waals surface area contributed by atoms with Crippen LogP contribution in [0, 0.1) is 0 Å². The van der Waals surface area contributed by atoms with Gasteiger partial charge in [0.25, 0.3) is 0 Å². The van der Waals surface area contributed by atoms with Crippen LogP contribution in [0.25, 0.3) is 0 Å². The summed E-state index contributed by atoms with van der Waals surface area (Å²) in [5, 5.41) is 4.47. The average Bonchev–Trinajstić information content (AvgIpc) is 2.93. The molecule has 2 heterocycles. The van der Waals surface area contributed by atoms with Crippen molar-refractivity contribution in [2.24, 2.45) is 0 Å². The van der Waals surface area contributed by atoms with Gasteiger partial charge < -0.3 is 5.32 Å². The van der Waals surface area contributed by atoms with Crippen LogP contribution in [0.1, 0.15) is 44.3 Å². The van der Waals surface area contributed by atoms with E-state index in [4.69, 9.17) is 0 Å². The topological polar surface area (TPSA) is 41.0 Å². The Labute approximate surface area is 107 Å². The fraction of sp³-hybridized carbons (Fsp3) is 0.833. The molecular formula is C12H20N4S. The summed E-state index contributed by atoms with van der Waals surface area (Å²) in [5.41, 5.74) is 0. The summed E-state index contributed by atoms with van der Waals surface area (Å²) in [6, 6.07) is 0.688. The molecule has 1 atom stereocenters. The second-order valence-electron chi connectivity index (χ2n) is 5.04. The molecule has 94 valence electrons. The molecule has 2 fully saturated rings. The first-order valence-corrected chi connectivity index (χ1v) is 7.45. The first-order chi connectivity index (χ1) is 8.36. The summed E-state index contributed by atoms with van der Waals surface area (Å²) < 4.78 is 4.42. The number of nitrogens with one attached hydrogen (secondary N) is 1. The van der Waals surface area contributed by atoms with Crippen molar-refractivity contribution in [2.75, 3.05) is 25.0 Å². The highest BCUT2D eigenvalue weighted by Gasteiger charge is 2.28. The summed E-state index contributed by atoms with van der Waals surface area (Å²) in [6.07, 6.45) is 5.21. The monoisotopic (exact) mass is 252 g/mol. The zero-order valence-corrected chi connectivity index (χ0v) is 11.2. The molecule has 0 aromatic carbocycles. The Balaban J connectivity index is 1.52. The van der Waals surface area contributed by atoms with E-state index < -0.39 is 0 Å². The lowest BCUT2D eigenvalue weighted by Gasteiger charge is -2.22. The number of hydrogen-bond donors (Lipinski definition) is 1. The number of nitrogens with zero attached hydrogens (tertiary/aromatic N) is 3. The molecular weight excluding hydrogens is 232 g/mol. The number of likely N-dealkylation sites (tertiary alicyclic amines) is 1. The van der Waals surface area contributed by atoms with Gasteiger partial charge in [0.2, 0.25) is 5.13 Å². The number of rotatable bonds is 5. The lowest BCUT2D eigenvalue weighted by molar-refractivity contribution is 0.277. The molecule has 2 aliphatic rings. The largest absolute Gasteiger partial charge is 0.359 e. The number of anilines is 1. The second-order valence-corrected chi connectivity index (χ2v) is 5.79. The summed E-state index contributed by atoms with van der Waals surface area (Å²) in [6.45, 7) is 5.68. The predicted octanol–water partition coefficient (Wildman–Crippen LogP) is 2.31. The third-order valence-corrected chi connectivity index (χ3v) is 4.47. The lowest BCUT2D eigenvalue weighted by Crippen LogP contribution is -2.34. The van der Waals surface area contributed by atoms with Crippen molar-refractivity contribution in [1.82, 2.24) is 14.3 Å². The fourth-order valence-electron chi connectivity index (χ4n) is 2.56. The molecule has 1 unspecified atom stereocenters. The molecule has 1 aliphatic heterocycles. The van der Waals surface area contributed by atoms with Gasteiger partial charge in [-0.15, -0.1) is 0 Å². The number of likely N-dealkylation sites (N-methyl/N-ethyl adjacent to an activating group) is 1. The molecule has 0 radical (unpaired) electrons. The molecule has 0 amide bonds. The third kappa shape index (κ3) is 2.60. The number of aromatic nitrogens is 2. The second kappa shape index (κ2) is 4.90. The summed E-state index contributed by atoms with van der Waals surface area (Å²) in [5.74, 6) is 1.73. The van der Waals surface area contributed by atoms with Gasteiger partial charge in [0.15, 0.2) is 0 Å². The molecule has 5 heteroatoms. The van der Waals surface area contributed by atoms with Crippen LogP contribution in [0.3, 0.4) is 0 Å². The van der Waals surface area contributed by atoms with Crippen LogP contribution >= 0.6 is 11.5 Å². The summed E-state index contributed by atoms with van der Waals surface area (Å²) in [7, 11) is 0. The third-order valence-electron chi connectivity index (χ3n) is 3.78. The summed E-state index contributed by atoms with van der Waals surface area (Å²) in [4.78, 5) is 7.11. The normalized spacial score (nSPS) is 25.4. The van der Waals surface area contributed by atoms with Gasteiger partial charge in [0, 0.05) is 30.0 Å². The van der Waals surface area contributed by atoms with Crippen molar-refractivity contribution in [1.29, 1.82) is 0 Å². The van der Waals surface area contributed by atoms with Gasteiger partial charge in [0.05, 0.1) is 0 Å². The van der Waals surface area contributed by atoms with Crippen LogP contribution in [-0.4, -0.2) is 39.9 Å². The van der Waals surface area contributed by atoms with Crippen molar-refractivity contribution in [3.05, 3.63) is 5.82 Å².